The minimum atomic E-state index is -1.35. The van der Waals surface area contributed by atoms with Gasteiger partial charge in [0.1, 0.15) is 5.75 Å². The third kappa shape index (κ3) is 4.52. The summed E-state index contributed by atoms with van der Waals surface area (Å²) in [5, 5.41) is 10.7. The molecular weight excluding hydrogens is 614 g/mol. The van der Waals surface area contributed by atoms with Crippen LogP contribution < -0.4 is 4.90 Å². The van der Waals surface area contributed by atoms with E-state index in [1.807, 2.05) is 72.8 Å². The van der Waals surface area contributed by atoms with Gasteiger partial charge in [0.2, 0.25) is 11.8 Å². The van der Waals surface area contributed by atoms with Crippen molar-refractivity contribution in [1.82, 2.24) is 0 Å². The highest BCUT2D eigenvalue weighted by molar-refractivity contribution is 6.32. The molecule has 7 heteroatoms. The second-order valence-corrected chi connectivity index (χ2v) is 13.5. The monoisotopic (exact) mass is 647 g/mol. The second-order valence-electron chi connectivity index (χ2n) is 13.5. The summed E-state index contributed by atoms with van der Waals surface area (Å²) in [5.41, 5.74) is 2.68. The van der Waals surface area contributed by atoms with Crippen molar-refractivity contribution in [2.45, 2.75) is 31.1 Å². The predicted octanol–water partition coefficient (Wildman–Crippen LogP) is 6.62. The largest absolute Gasteiger partial charge is 0.508 e. The number of benzene rings is 4. The molecule has 0 bridgehead atoms. The van der Waals surface area contributed by atoms with E-state index >= 15 is 4.79 Å². The fraction of sp³-hybridized carbons (Fsp3) is 0.214. The van der Waals surface area contributed by atoms with Crippen LogP contribution in [0.1, 0.15) is 52.7 Å². The molecular formula is C42H33NO6. The Morgan fingerprint density at radius 3 is 2.16 bits per heavy atom. The van der Waals surface area contributed by atoms with Crippen molar-refractivity contribution in [2.75, 3.05) is 4.90 Å². The van der Waals surface area contributed by atoms with Crippen LogP contribution >= 0.6 is 0 Å². The van der Waals surface area contributed by atoms with Crippen molar-refractivity contribution in [1.29, 1.82) is 0 Å². The fourth-order valence-corrected chi connectivity index (χ4v) is 9.05. The third-order valence-electron chi connectivity index (χ3n) is 11.1. The van der Waals surface area contributed by atoms with Gasteiger partial charge >= 0.3 is 0 Å². The Balaban J connectivity index is 1.32. The number of allylic oxidation sites excluding steroid dienone is 4. The van der Waals surface area contributed by atoms with E-state index < -0.39 is 35.0 Å². The normalized spacial score (nSPS) is 27.5. The fourth-order valence-electron chi connectivity index (χ4n) is 9.05. The van der Waals surface area contributed by atoms with Gasteiger partial charge in [0.05, 0.1) is 22.9 Å². The van der Waals surface area contributed by atoms with Crippen LogP contribution in [0.2, 0.25) is 0 Å². The van der Waals surface area contributed by atoms with Crippen molar-refractivity contribution in [3.05, 3.63) is 149 Å². The lowest BCUT2D eigenvalue weighted by Gasteiger charge is -2.55. The van der Waals surface area contributed by atoms with E-state index in [4.69, 9.17) is 0 Å². The molecule has 3 aliphatic carbocycles. The maximum Gasteiger partial charge on any atom is 0.238 e. The zero-order chi connectivity index (χ0) is 34.0. The van der Waals surface area contributed by atoms with Crippen LogP contribution in [-0.2, 0) is 24.6 Å². The Labute approximate surface area is 283 Å². The third-order valence-corrected chi connectivity index (χ3v) is 11.1. The first-order valence-corrected chi connectivity index (χ1v) is 16.6. The molecule has 4 aliphatic rings. The smallest absolute Gasteiger partial charge is 0.238 e. The average molecular weight is 648 g/mol. The number of carbonyl (C=O) groups excluding carboxylic acids is 5. The van der Waals surface area contributed by atoms with E-state index in [0.717, 1.165) is 5.57 Å². The number of hydrogen-bond acceptors (Lipinski definition) is 6. The van der Waals surface area contributed by atoms with Gasteiger partial charge in [0.25, 0.3) is 0 Å². The van der Waals surface area contributed by atoms with E-state index in [0.29, 0.717) is 39.9 Å². The predicted molar refractivity (Wildman–Crippen MR) is 184 cm³/mol. The molecule has 7 nitrogen and oxygen atoms in total. The average Bonchev–Trinajstić information content (AvgIpc) is 3.38. The van der Waals surface area contributed by atoms with Gasteiger partial charge in [-0.3, -0.25) is 28.9 Å². The Kier molecular flexibility index (Phi) is 7.18. The number of rotatable bonds is 5. The summed E-state index contributed by atoms with van der Waals surface area (Å²) in [7, 11) is 0. The highest BCUT2D eigenvalue weighted by Crippen LogP contribution is 2.63. The summed E-state index contributed by atoms with van der Waals surface area (Å²) >= 11 is 0. The number of hydrogen-bond donors (Lipinski definition) is 1. The van der Waals surface area contributed by atoms with Gasteiger partial charge < -0.3 is 5.11 Å². The highest BCUT2D eigenvalue weighted by Gasteiger charge is 2.66. The summed E-state index contributed by atoms with van der Waals surface area (Å²) < 4.78 is 0. The molecule has 2 amide bonds. The lowest BCUT2D eigenvalue weighted by atomic mass is 9.44. The number of nitrogens with zero attached hydrogens (tertiary/aromatic N) is 1. The van der Waals surface area contributed by atoms with Crippen molar-refractivity contribution >= 4 is 40.4 Å². The maximum absolute atomic E-state index is 15.0. The molecule has 8 rings (SSSR count). The number of Topliss-reactive ketones (excluding diaryl/α,β-unsaturated/α-hetero) is 2. The van der Waals surface area contributed by atoms with Crippen LogP contribution in [0.3, 0.4) is 0 Å². The number of anilines is 1. The molecule has 4 aromatic rings. The Morgan fingerprint density at radius 1 is 0.796 bits per heavy atom. The molecule has 0 spiro atoms. The van der Waals surface area contributed by atoms with Crippen molar-refractivity contribution in [2.24, 2.45) is 23.7 Å². The van der Waals surface area contributed by atoms with Gasteiger partial charge in [0, 0.05) is 23.0 Å². The number of imide groups is 1. The molecule has 242 valence electrons. The number of phenols is 1. The Hall–Kier alpha value is -5.69. The number of ketones is 3. The van der Waals surface area contributed by atoms with Crippen LogP contribution in [0.25, 0.3) is 5.57 Å². The first-order chi connectivity index (χ1) is 23.7. The van der Waals surface area contributed by atoms with E-state index in [2.05, 4.69) is 0 Å². The molecule has 1 saturated heterocycles. The van der Waals surface area contributed by atoms with Gasteiger partial charge in [0.15, 0.2) is 17.3 Å². The van der Waals surface area contributed by atoms with Crippen LogP contribution in [0.15, 0.2) is 127 Å². The van der Waals surface area contributed by atoms with Gasteiger partial charge in [-0.05, 0) is 84.8 Å². The first-order valence-electron chi connectivity index (χ1n) is 16.6. The van der Waals surface area contributed by atoms with E-state index in [1.54, 1.807) is 42.5 Å². The molecule has 2 fully saturated rings. The number of amides is 2. The highest BCUT2D eigenvalue weighted by atomic mass is 16.3. The molecule has 0 aromatic heterocycles. The van der Waals surface area contributed by atoms with Crippen molar-refractivity contribution in [3.8, 4) is 5.75 Å². The standard InChI is InChI=1S/C42H33NO6/c1-24(44)25-15-17-29(18-16-25)43-40(48)32-20-19-31-34(37(32)41(43)49)22-35-39(47)33(26-9-4-2-5-10-26)23-36(46)42(35,28-12-6-3-7-13-28)38(31)27-11-8-14-30(45)21-27/h2-19,21,23,32,34-35,37-38,45H,20,22H2,1H3/t32-,34+,35-,37-,38-,42-/m0/s1. The van der Waals surface area contributed by atoms with E-state index in [1.165, 1.54) is 17.9 Å². The van der Waals surface area contributed by atoms with E-state index in [-0.39, 0.29) is 41.3 Å². The number of carbonyl (C=O) groups is 5. The van der Waals surface area contributed by atoms with Gasteiger partial charge in [-0.2, -0.15) is 0 Å². The topological polar surface area (TPSA) is 109 Å². The summed E-state index contributed by atoms with van der Waals surface area (Å²) in [6, 6.07) is 31.8. The van der Waals surface area contributed by atoms with Gasteiger partial charge in [-0.15, -0.1) is 0 Å². The minimum Gasteiger partial charge on any atom is -0.508 e. The van der Waals surface area contributed by atoms with Crippen LogP contribution in [0, 0.1) is 23.7 Å². The SMILES string of the molecule is CC(=O)c1ccc(N2C(=O)[C@H]3[C@H](CC=C4[C@H]3C[C@H]3C(=O)C(c5ccccc5)=CC(=O)[C@@]3(c3ccccc3)[C@H]4c3cccc(O)c3)C2=O)cc1. The number of aromatic hydroxyl groups is 1. The lowest BCUT2D eigenvalue weighted by Crippen LogP contribution is -2.58. The molecule has 1 saturated carbocycles. The first kappa shape index (κ1) is 30.6. The summed E-state index contributed by atoms with van der Waals surface area (Å²) in [5.74, 6) is -4.61. The zero-order valence-corrected chi connectivity index (χ0v) is 26.8. The molecule has 4 aromatic carbocycles. The molecule has 6 atom stereocenters. The molecule has 1 aliphatic heterocycles. The number of fused-ring (bicyclic) bond motifs is 4. The molecule has 0 unspecified atom stereocenters. The summed E-state index contributed by atoms with van der Waals surface area (Å²) in [6.45, 7) is 1.46. The summed E-state index contributed by atoms with van der Waals surface area (Å²) in [4.78, 5) is 71.6. The number of phenolic OH excluding ortho intramolecular Hbond substituents is 1. The van der Waals surface area contributed by atoms with Crippen molar-refractivity contribution < 1.29 is 29.1 Å². The molecule has 49 heavy (non-hydrogen) atoms. The molecule has 0 radical (unpaired) electrons. The summed E-state index contributed by atoms with van der Waals surface area (Å²) in [6.07, 6.45) is 3.98. The minimum absolute atomic E-state index is 0.0241. The quantitative estimate of drug-likeness (QED) is 0.148. The van der Waals surface area contributed by atoms with Crippen LogP contribution in [0.4, 0.5) is 5.69 Å². The lowest BCUT2D eigenvalue weighted by molar-refractivity contribution is -0.135. The molecule has 1 heterocycles. The maximum atomic E-state index is 15.0. The zero-order valence-electron chi connectivity index (χ0n) is 26.8. The van der Waals surface area contributed by atoms with Crippen molar-refractivity contribution in [3.63, 3.8) is 0 Å². The van der Waals surface area contributed by atoms with E-state index in [9.17, 15) is 24.3 Å². The van der Waals surface area contributed by atoms with Gasteiger partial charge in [-0.25, -0.2) is 0 Å². The van der Waals surface area contributed by atoms with Crippen LogP contribution in [-0.4, -0.2) is 34.3 Å². The Morgan fingerprint density at radius 2 is 1.49 bits per heavy atom. The second kappa shape index (κ2) is 11.5. The molecule has 1 N–H and O–H groups in total. The van der Waals surface area contributed by atoms with Gasteiger partial charge in [-0.1, -0.05) is 84.4 Å². The Bertz CT molecular complexity index is 2120. The van der Waals surface area contributed by atoms with Crippen LogP contribution in [0.5, 0.6) is 5.75 Å².